The van der Waals surface area contributed by atoms with Crippen LogP contribution in [-0.4, -0.2) is 17.5 Å². The van der Waals surface area contributed by atoms with Crippen LogP contribution in [0.4, 0.5) is 0 Å². The Hall–Kier alpha value is 0.430. The van der Waals surface area contributed by atoms with E-state index in [1.165, 1.54) is 6.42 Å². The summed E-state index contributed by atoms with van der Waals surface area (Å²) < 4.78 is 0. The average molecular weight is 130 g/mol. The molecule has 0 spiro atoms. The monoisotopic (exact) mass is 130 g/mol. The van der Waals surface area contributed by atoms with Crippen molar-refractivity contribution in [1.82, 2.24) is 0 Å². The summed E-state index contributed by atoms with van der Waals surface area (Å²) in [5, 5.41) is 0.660. The molecular weight excluding hydrogens is 115 g/mol. The van der Waals surface area contributed by atoms with Gasteiger partial charge in [0.15, 0.2) is 0 Å². The zero-order valence-electron chi connectivity index (χ0n) is 6.07. The minimum atomic E-state index is 0.461. The molecule has 48 valence electrons. The fourth-order valence-corrected chi connectivity index (χ4v) is 2.96. The fraction of sp³-hybridized carbons (Fsp3) is 1.00. The molecule has 0 nitrogen and oxygen atoms in total. The summed E-state index contributed by atoms with van der Waals surface area (Å²) in [4.78, 5) is 0. The van der Waals surface area contributed by atoms with Crippen LogP contribution >= 0.6 is 7.92 Å². The van der Waals surface area contributed by atoms with E-state index in [1.54, 1.807) is 12.3 Å². The maximum atomic E-state index is 2.37. The van der Waals surface area contributed by atoms with Gasteiger partial charge in [-0.3, -0.25) is 0 Å². The van der Waals surface area contributed by atoms with Gasteiger partial charge in [-0.05, 0) is 23.9 Å². The van der Waals surface area contributed by atoms with Crippen molar-refractivity contribution >= 4 is 7.92 Å². The van der Waals surface area contributed by atoms with Crippen LogP contribution in [-0.2, 0) is 0 Å². The van der Waals surface area contributed by atoms with Crippen LogP contribution in [0.15, 0.2) is 0 Å². The van der Waals surface area contributed by atoms with Crippen molar-refractivity contribution in [3.05, 3.63) is 0 Å². The third-order valence-electron chi connectivity index (χ3n) is 1.80. The van der Waals surface area contributed by atoms with E-state index in [0.717, 1.165) is 0 Å². The smallest absolute Gasteiger partial charge is 0.0179 e. The summed E-state index contributed by atoms with van der Waals surface area (Å²) in [6.07, 6.45) is 4.58. The third-order valence-corrected chi connectivity index (χ3v) is 5.41. The quantitative estimate of drug-likeness (QED) is 0.442. The van der Waals surface area contributed by atoms with Gasteiger partial charge >= 0.3 is 0 Å². The van der Waals surface area contributed by atoms with Gasteiger partial charge < -0.3 is 0 Å². The molecule has 1 aliphatic rings. The van der Waals surface area contributed by atoms with E-state index in [1.807, 2.05) is 0 Å². The standard InChI is InChI=1S/C7H15P/c1-7(2,3)8-5-4-6-8/h4-6H2,1-3H3. The highest BCUT2D eigenvalue weighted by Crippen LogP contribution is 2.56. The molecule has 1 aliphatic heterocycles. The molecule has 8 heavy (non-hydrogen) atoms. The van der Waals surface area contributed by atoms with E-state index in [0.29, 0.717) is 13.1 Å². The molecule has 0 saturated carbocycles. The van der Waals surface area contributed by atoms with Crippen molar-refractivity contribution in [2.45, 2.75) is 32.3 Å². The molecule has 0 bridgehead atoms. The van der Waals surface area contributed by atoms with Gasteiger partial charge in [0, 0.05) is 0 Å². The molecule has 0 unspecified atom stereocenters. The first kappa shape index (κ1) is 6.55. The molecule has 0 radical (unpaired) electrons. The van der Waals surface area contributed by atoms with E-state index in [2.05, 4.69) is 20.8 Å². The van der Waals surface area contributed by atoms with Crippen LogP contribution < -0.4 is 0 Å². The Morgan fingerprint density at radius 3 is 1.62 bits per heavy atom. The molecule has 0 amide bonds. The fourth-order valence-electron chi connectivity index (χ4n) is 0.987. The number of hydrogen-bond acceptors (Lipinski definition) is 0. The minimum absolute atomic E-state index is 0.461. The van der Waals surface area contributed by atoms with E-state index in [9.17, 15) is 0 Å². The number of hydrogen-bond donors (Lipinski definition) is 0. The van der Waals surface area contributed by atoms with Gasteiger partial charge in [-0.25, -0.2) is 0 Å². The van der Waals surface area contributed by atoms with Gasteiger partial charge in [0.05, 0.1) is 0 Å². The first-order valence-electron chi connectivity index (χ1n) is 3.36. The summed E-state index contributed by atoms with van der Waals surface area (Å²) in [5.41, 5.74) is 0. The first-order chi connectivity index (χ1) is 3.61. The highest BCUT2D eigenvalue weighted by atomic mass is 31.1. The van der Waals surface area contributed by atoms with Crippen LogP contribution in [0.3, 0.4) is 0 Å². The van der Waals surface area contributed by atoms with Gasteiger partial charge in [0.2, 0.25) is 0 Å². The predicted octanol–water partition coefficient (Wildman–Crippen LogP) is 2.67. The Morgan fingerprint density at radius 1 is 1.12 bits per heavy atom. The molecule has 0 aromatic heterocycles. The van der Waals surface area contributed by atoms with Crippen LogP contribution in [0.1, 0.15) is 27.2 Å². The molecule has 0 aliphatic carbocycles. The van der Waals surface area contributed by atoms with Gasteiger partial charge in [-0.2, -0.15) is 0 Å². The third kappa shape index (κ3) is 1.23. The molecule has 0 N–H and O–H groups in total. The predicted molar refractivity (Wildman–Crippen MR) is 41.0 cm³/mol. The summed E-state index contributed by atoms with van der Waals surface area (Å²) >= 11 is 0. The Morgan fingerprint density at radius 2 is 1.62 bits per heavy atom. The van der Waals surface area contributed by atoms with Gasteiger partial charge in [0.1, 0.15) is 0 Å². The Kier molecular flexibility index (Phi) is 1.63. The van der Waals surface area contributed by atoms with Gasteiger partial charge in [-0.15, -0.1) is 7.92 Å². The molecule has 1 saturated heterocycles. The first-order valence-corrected chi connectivity index (χ1v) is 5.07. The molecule has 0 aromatic carbocycles. The summed E-state index contributed by atoms with van der Waals surface area (Å²) in [5.74, 6) is 0. The van der Waals surface area contributed by atoms with Crippen molar-refractivity contribution in [1.29, 1.82) is 0 Å². The second kappa shape index (κ2) is 1.99. The second-order valence-corrected chi connectivity index (χ2v) is 6.83. The van der Waals surface area contributed by atoms with Gasteiger partial charge in [0.25, 0.3) is 0 Å². The lowest BCUT2D eigenvalue weighted by Crippen LogP contribution is -2.21. The summed E-state index contributed by atoms with van der Waals surface area (Å²) in [7, 11) is 0.461. The van der Waals surface area contributed by atoms with Crippen LogP contribution in [0.25, 0.3) is 0 Å². The minimum Gasteiger partial charge on any atom is -0.101 e. The van der Waals surface area contributed by atoms with E-state index in [4.69, 9.17) is 0 Å². The Balaban J connectivity index is 2.34. The molecular formula is C7H15P. The Bertz CT molecular complexity index is 76.9. The van der Waals surface area contributed by atoms with E-state index >= 15 is 0 Å². The maximum Gasteiger partial charge on any atom is -0.0179 e. The molecule has 0 aromatic rings. The maximum absolute atomic E-state index is 2.37. The van der Waals surface area contributed by atoms with Gasteiger partial charge in [-0.1, -0.05) is 20.8 Å². The zero-order chi connectivity index (χ0) is 6.20. The largest absolute Gasteiger partial charge is 0.101 e. The van der Waals surface area contributed by atoms with E-state index in [-0.39, 0.29) is 0 Å². The van der Waals surface area contributed by atoms with Crippen LogP contribution in [0.2, 0.25) is 0 Å². The summed E-state index contributed by atoms with van der Waals surface area (Å²) in [6.45, 7) is 7.12. The van der Waals surface area contributed by atoms with Crippen molar-refractivity contribution in [3.8, 4) is 0 Å². The van der Waals surface area contributed by atoms with Crippen LogP contribution in [0, 0.1) is 0 Å². The van der Waals surface area contributed by atoms with Crippen molar-refractivity contribution in [2.75, 3.05) is 12.3 Å². The molecule has 1 heteroatoms. The average Bonchev–Trinajstić information content (AvgIpc) is 1.16. The zero-order valence-corrected chi connectivity index (χ0v) is 6.96. The lowest BCUT2D eigenvalue weighted by atomic mass is 10.3. The Labute approximate surface area is 53.4 Å². The van der Waals surface area contributed by atoms with Crippen LogP contribution in [0.5, 0.6) is 0 Å². The molecule has 1 heterocycles. The number of rotatable bonds is 0. The lowest BCUT2D eigenvalue weighted by Gasteiger charge is -2.38. The highest BCUT2D eigenvalue weighted by molar-refractivity contribution is 7.60. The summed E-state index contributed by atoms with van der Waals surface area (Å²) in [6, 6.07) is 0. The van der Waals surface area contributed by atoms with Crippen molar-refractivity contribution < 1.29 is 0 Å². The molecule has 1 rings (SSSR count). The van der Waals surface area contributed by atoms with E-state index < -0.39 is 0 Å². The van der Waals surface area contributed by atoms with Crippen molar-refractivity contribution in [3.63, 3.8) is 0 Å². The van der Waals surface area contributed by atoms with Crippen molar-refractivity contribution in [2.24, 2.45) is 0 Å². The normalized spacial score (nSPS) is 22.9. The molecule has 0 atom stereocenters. The highest BCUT2D eigenvalue weighted by Gasteiger charge is 2.28. The molecule has 1 fully saturated rings. The SMILES string of the molecule is CC(C)(C)P1CCC1. The topological polar surface area (TPSA) is 0 Å². The second-order valence-electron chi connectivity index (χ2n) is 3.51. The lowest BCUT2D eigenvalue weighted by molar-refractivity contribution is 0.755.